The first kappa shape index (κ1) is 21.3. The minimum absolute atomic E-state index is 0.130. The van der Waals surface area contributed by atoms with Gasteiger partial charge in [-0.2, -0.15) is 8.78 Å². The van der Waals surface area contributed by atoms with Crippen LogP contribution in [0, 0.1) is 0 Å². The summed E-state index contributed by atoms with van der Waals surface area (Å²) in [6.45, 7) is 5.50. The zero-order valence-corrected chi connectivity index (χ0v) is 15.1. The first-order valence-corrected chi connectivity index (χ1v) is 8.37. The van der Waals surface area contributed by atoms with E-state index in [1.165, 1.54) is 36.1 Å². The Hall–Kier alpha value is -1.73. The highest BCUT2D eigenvalue weighted by Crippen LogP contribution is 2.34. The number of benzene rings is 1. The molecule has 1 aromatic carbocycles. The van der Waals surface area contributed by atoms with Crippen molar-refractivity contribution in [2.24, 2.45) is 0 Å². The molecule has 5 nitrogen and oxygen atoms in total. The highest BCUT2D eigenvalue weighted by molar-refractivity contribution is 6.30. The van der Waals surface area contributed by atoms with E-state index in [4.69, 9.17) is 16.3 Å². The van der Waals surface area contributed by atoms with Crippen molar-refractivity contribution in [1.29, 1.82) is 0 Å². The molecule has 1 aromatic rings. The number of Topliss-reactive ketones (excluding diaryl/α,β-unsaturated/α-hetero) is 1. The lowest BCUT2D eigenvalue weighted by Crippen LogP contribution is -2.46. The van der Waals surface area contributed by atoms with Gasteiger partial charge in [0.15, 0.2) is 12.2 Å². The summed E-state index contributed by atoms with van der Waals surface area (Å²) in [7, 11) is 0. The maximum Gasteiger partial charge on any atom is 0.410 e. The highest BCUT2D eigenvalue weighted by atomic mass is 35.5. The Labute approximate surface area is 150 Å². The SMILES string of the molecule is CCC(OC(=O)N(CC)CC)C(=O)C(F)(F)C(O)c1ccc(Cl)cc1. The first-order chi connectivity index (χ1) is 11.7. The predicted octanol–water partition coefficient (Wildman–Crippen LogP) is 3.83. The normalized spacial score (nSPS) is 13.9. The lowest BCUT2D eigenvalue weighted by atomic mass is 9.96. The zero-order valence-electron chi connectivity index (χ0n) is 14.3. The molecule has 1 rings (SSSR count). The molecular weight excluding hydrogens is 356 g/mol. The van der Waals surface area contributed by atoms with E-state index >= 15 is 0 Å². The summed E-state index contributed by atoms with van der Waals surface area (Å²) in [6.07, 6.45) is -4.99. The molecule has 0 saturated heterocycles. The van der Waals surface area contributed by atoms with Crippen LogP contribution in [0.1, 0.15) is 38.9 Å². The van der Waals surface area contributed by atoms with Crippen LogP contribution >= 0.6 is 11.6 Å². The van der Waals surface area contributed by atoms with Crippen LogP contribution in [0.5, 0.6) is 0 Å². The molecule has 0 bridgehead atoms. The van der Waals surface area contributed by atoms with Crippen molar-refractivity contribution in [2.45, 2.75) is 45.3 Å². The molecule has 1 amide bonds. The van der Waals surface area contributed by atoms with Crippen molar-refractivity contribution in [3.05, 3.63) is 34.9 Å². The number of halogens is 3. The van der Waals surface area contributed by atoms with Crippen molar-refractivity contribution in [1.82, 2.24) is 4.90 Å². The molecular formula is C17H22ClF2NO4. The number of aliphatic hydroxyl groups is 1. The number of hydrogen-bond donors (Lipinski definition) is 1. The van der Waals surface area contributed by atoms with Crippen LogP contribution in [-0.4, -0.2) is 47.0 Å². The molecule has 25 heavy (non-hydrogen) atoms. The topological polar surface area (TPSA) is 66.8 Å². The maximum atomic E-state index is 14.4. The van der Waals surface area contributed by atoms with Crippen LogP contribution in [-0.2, 0) is 9.53 Å². The number of carbonyl (C=O) groups is 2. The first-order valence-electron chi connectivity index (χ1n) is 8.00. The summed E-state index contributed by atoms with van der Waals surface area (Å²) in [5, 5.41) is 10.2. The molecule has 0 fully saturated rings. The van der Waals surface area contributed by atoms with Crippen LogP contribution < -0.4 is 0 Å². The average Bonchev–Trinajstić information content (AvgIpc) is 2.60. The van der Waals surface area contributed by atoms with Crippen LogP contribution in [0.2, 0.25) is 5.02 Å². The number of carbonyl (C=O) groups excluding carboxylic acids is 2. The Balaban J connectivity index is 2.95. The van der Waals surface area contributed by atoms with Crippen molar-refractivity contribution >= 4 is 23.5 Å². The van der Waals surface area contributed by atoms with Gasteiger partial charge in [0.25, 0.3) is 0 Å². The number of ketones is 1. The number of amides is 1. The minimum Gasteiger partial charge on any atom is -0.438 e. The van der Waals surface area contributed by atoms with Gasteiger partial charge in [-0.1, -0.05) is 30.7 Å². The van der Waals surface area contributed by atoms with E-state index in [1.807, 2.05) is 0 Å². The number of aliphatic hydroxyl groups excluding tert-OH is 1. The fourth-order valence-electron chi connectivity index (χ4n) is 2.20. The van der Waals surface area contributed by atoms with E-state index < -0.39 is 30.0 Å². The van der Waals surface area contributed by atoms with Gasteiger partial charge in [-0.25, -0.2) is 4.79 Å². The highest BCUT2D eigenvalue weighted by Gasteiger charge is 2.50. The van der Waals surface area contributed by atoms with Gasteiger partial charge in [-0.3, -0.25) is 4.79 Å². The van der Waals surface area contributed by atoms with Crippen molar-refractivity contribution in [3.63, 3.8) is 0 Å². The molecule has 0 radical (unpaired) electrons. The average molecular weight is 378 g/mol. The molecule has 0 aliphatic rings. The fraction of sp³-hybridized carbons (Fsp3) is 0.529. The van der Waals surface area contributed by atoms with Gasteiger partial charge in [0.1, 0.15) is 0 Å². The lowest BCUT2D eigenvalue weighted by Gasteiger charge is -2.27. The van der Waals surface area contributed by atoms with E-state index in [0.29, 0.717) is 18.1 Å². The van der Waals surface area contributed by atoms with E-state index in [0.717, 1.165) is 0 Å². The molecule has 1 N–H and O–H groups in total. The largest absolute Gasteiger partial charge is 0.438 e. The Morgan fingerprint density at radius 2 is 1.72 bits per heavy atom. The van der Waals surface area contributed by atoms with Crippen molar-refractivity contribution in [3.8, 4) is 0 Å². The molecule has 140 valence electrons. The Kier molecular flexibility index (Phi) is 7.76. The van der Waals surface area contributed by atoms with Crippen LogP contribution in [0.4, 0.5) is 13.6 Å². The van der Waals surface area contributed by atoms with Crippen LogP contribution in [0.25, 0.3) is 0 Å². The quantitative estimate of drug-likeness (QED) is 0.747. The monoisotopic (exact) mass is 377 g/mol. The second kappa shape index (κ2) is 9.10. The zero-order chi connectivity index (χ0) is 19.2. The van der Waals surface area contributed by atoms with Gasteiger partial charge in [-0.15, -0.1) is 0 Å². The molecule has 0 aromatic heterocycles. The number of rotatable bonds is 8. The van der Waals surface area contributed by atoms with Gasteiger partial charge in [0.2, 0.25) is 5.78 Å². The summed E-state index contributed by atoms with van der Waals surface area (Å²) in [5.41, 5.74) is -0.160. The molecule has 0 heterocycles. The van der Waals surface area contributed by atoms with E-state index in [-0.39, 0.29) is 12.0 Å². The van der Waals surface area contributed by atoms with E-state index in [2.05, 4.69) is 0 Å². The third-order valence-corrected chi connectivity index (χ3v) is 4.04. The Morgan fingerprint density at radius 3 is 2.16 bits per heavy atom. The van der Waals surface area contributed by atoms with Gasteiger partial charge < -0.3 is 14.7 Å². The summed E-state index contributed by atoms with van der Waals surface area (Å²) >= 11 is 5.68. The summed E-state index contributed by atoms with van der Waals surface area (Å²) in [6, 6.07) is 5.07. The second-order valence-electron chi connectivity index (χ2n) is 5.39. The van der Waals surface area contributed by atoms with Crippen LogP contribution in [0.3, 0.4) is 0 Å². The van der Waals surface area contributed by atoms with Gasteiger partial charge >= 0.3 is 12.0 Å². The molecule has 0 aliphatic carbocycles. The lowest BCUT2D eigenvalue weighted by molar-refractivity contribution is -0.171. The summed E-state index contributed by atoms with van der Waals surface area (Å²) in [5.74, 6) is -5.75. The third-order valence-electron chi connectivity index (χ3n) is 3.79. The summed E-state index contributed by atoms with van der Waals surface area (Å²) in [4.78, 5) is 25.4. The Morgan fingerprint density at radius 1 is 1.20 bits per heavy atom. The fourth-order valence-corrected chi connectivity index (χ4v) is 2.33. The molecule has 2 unspecified atom stereocenters. The standard InChI is InChI=1S/C17H22ClF2NO4/c1-4-13(25-16(24)21(5-2)6-3)15(23)17(19,20)14(22)11-7-9-12(18)10-8-11/h7-10,13-14,22H,4-6H2,1-3H3. The smallest absolute Gasteiger partial charge is 0.410 e. The van der Waals surface area contributed by atoms with Gasteiger partial charge in [0, 0.05) is 18.1 Å². The van der Waals surface area contributed by atoms with Crippen molar-refractivity contribution < 1.29 is 28.2 Å². The number of hydrogen-bond acceptors (Lipinski definition) is 4. The molecule has 8 heteroatoms. The van der Waals surface area contributed by atoms with E-state index in [1.54, 1.807) is 13.8 Å². The Bertz CT molecular complexity index is 591. The second-order valence-corrected chi connectivity index (χ2v) is 5.83. The molecule has 2 atom stereocenters. The van der Waals surface area contributed by atoms with Crippen LogP contribution in [0.15, 0.2) is 24.3 Å². The van der Waals surface area contributed by atoms with Gasteiger partial charge in [-0.05, 0) is 38.0 Å². The van der Waals surface area contributed by atoms with Gasteiger partial charge in [0.05, 0.1) is 0 Å². The summed E-state index contributed by atoms with van der Waals surface area (Å²) < 4.78 is 33.7. The third kappa shape index (κ3) is 5.12. The molecule has 0 saturated carbocycles. The number of nitrogens with zero attached hydrogens (tertiary/aromatic N) is 1. The number of alkyl halides is 2. The molecule has 0 aliphatic heterocycles. The maximum absolute atomic E-state index is 14.4. The van der Waals surface area contributed by atoms with E-state index in [9.17, 15) is 23.5 Å². The predicted molar refractivity (Wildman–Crippen MR) is 89.8 cm³/mol. The minimum atomic E-state index is -4.11. The van der Waals surface area contributed by atoms with Crippen molar-refractivity contribution in [2.75, 3.05) is 13.1 Å². The number of ether oxygens (including phenoxy) is 1. The molecule has 0 spiro atoms.